The van der Waals surface area contributed by atoms with E-state index < -0.39 is 0 Å². The Morgan fingerprint density at radius 3 is 2.65 bits per heavy atom. The number of aryl methyl sites for hydroxylation is 1. The van der Waals surface area contributed by atoms with Crippen molar-refractivity contribution in [2.45, 2.75) is 32.4 Å². The Kier molecular flexibility index (Phi) is 4.93. The molecule has 0 saturated carbocycles. The van der Waals surface area contributed by atoms with Gasteiger partial charge < -0.3 is 10.4 Å². The zero-order valence-corrected chi connectivity index (χ0v) is 12.2. The Hall–Kier alpha value is -1.65. The maximum Gasteiger partial charge on any atom is 0.0611 e. The van der Waals surface area contributed by atoms with Crippen LogP contribution in [0.3, 0.4) is 0 Å². The van der Waals surface area contributed by atoms with Crippen molar-refractivity contribution in [2.75, 3.05) is 13.2 Å². The van der Waals surface area contributed by atoms with Crippen molar-refractivity contribution >= 4 is 0 Å². The number of hydrogen-bond donors (Lipinski definition) is 2. The number of likely N-dealkylation sites (N-methyl/N-ethyl adjacent to an activating group) is 1. The Labute approximate surface area is 120 Å². The van der Waals surface area contributed by atoms with E-state index in [4.69, 9.17) is 0 Å². The topological polar surface area (TPSA) is 50.1 Å². The number of aliphatic hydroxyl groups is 1. The Morgan fingerprint density at radius 1 is 1.25 bits per heavy atom. The van der Waals surface area contributed by atoms with Gasteiger partial charge in [-0.05, 0) is 25.5 Å². The lowest BCUT2D eigenvalue weighted by molar-refractivity contribution is 0.161. The fourth-order valence-electron chi connectivity index (χ4n) is 2.28. The zero-order chi connectivity index (χ0) is 14.4. The lowest BCUT2D eigenvalue weighted by Crippen LogP contribution is -2.46. The molecule has 2 aromatic rings. The number of aromatic nitrogens is 2. The van der Waals surface area contributed by atoms with E-state index in [1.54, 1.807) is 0 Å². The van der Waals surface area contributed by atoms with Gasteiger partial charge in [0.25, 0.3) is 0 Å². The van der Waals surface area contributed by atoms with Gasteiger partial charge in [0.1, 0.15) is 0 Å². The summed E-state index contributed by atoms with van der Waals surface area (Å²) in [6, 6.07) is 10.2. The molecule has 1 aromatic carbocycles. The Bertz CT molecular complexity index is 524. The highest BCUT2D eigenvalue weighted by atomic mass is 16.3. The first-order valence-electron chi connectivity index (χ1n) is 7.10. The highest BCUT2D eigenvalue weighted by Gasteiger charge is 2.21. The van der Waals surface area contributed by atoms with E-state index in [2.05, 4.69) is 35.7 Å². The summed E-state index contributed by atoms with van der Waals surface area (Å²) in [7, 11) is 0. The van der Waals surface area contributed by atoms with Crippen molar-refractivity contribution < 1.29 is 5.11 Å². The van der Waals surface area contributed by atoms with Gasteiger partial charge in [-0.2, -0.15) is 5.10 Å². The number of benzene rings is 1. The first-order valence-corrected chi connectivity index (χ1v) is 7.10. The summed E-state index contributed by atoms with van der Waals surface area (Å²) < 4.78 is 1.94. The average Bonchev–Trinajstić information content (AvgIpc) is 2.95. The van der Waals surface area contributed by atoms with Crippen molar-refractivity contribution in [2.24, 2.45) is 0 Å². The van der Waals surface area contributed by atoms with Crippen LogP contribution in [0.2, 0.25) is 0 Å². The molecule has 0 saturated heterocycles. The Balaban J connectivity index is 2.00. The largest absolute Gasteiger partial charge is 0.394 e. The standard InChI is InChI=1S/C16H23N3O/c1-3-17-16(2,13-20)9-10-19-12-15(11-18-19)14-7-5-4-6-8-14/h4-8,11-12,17,20H,3,9-10,13H2,1-2H3. The molecule has 2 N–H and O–H groups in total. The Morgan fingerprint density at radius 2 is 2.00 bits per heavy atom. The van der Waals surface area contributed by atoms with E-state index in [0.29, 0.717) is 0 Å². The summed E-state index contributed by atoms with van der Waals surface area (Å²) in [6.45, 7) is 5.86. The number of aliphatic hydroxyl groups excluding tert-OH is 1. The van der Waals surface area contributed by atoms with Crippen LogP contribution in [0.4, 0.5) is 0 Å². The maximum absolute atomic E-state index is 9.49. The molecule has 0 aliphatic heterocycles. The van der Waals surface area contributed by atoms with Crippen molar-refractivity contribution in [3.8, 4) is 11.1 Å². The van der Waals surface area contributed by atoms with Gasteiger partial charge in [0.15, 0.2) is 0 Å². The van der Waals surface area contributed by atoms with E-state index in [1.807, 2.05) is 36.0 Å². The molecule has 0 aliphatic rings. The van der Waals surface area contributed by atoms with Gasteiger partial charge in [0.05, 0.1) is 12.8 Å². The SMILES string of the molecule is CCNC(C)(CO)CCn1cc(-c2ccccc2)cn1. The summed E-state index contributed by atoms with van der Waals surface area (Å²) in [4.78, 5) is 0. The van der Waals surface area contributed by atoms with Crippen LogP contribution in [0.15, 0.2) is 42.7 Å². The van der Waals surface area contributed by atoms with E-state index in [-0.39, 0.29) is 12.1 Å². The van der Waals surface area contributed by atoms with Crippen LogP contribution in [0.25, 0.3) is 11.1 Å². The molecule has 20 heavy (non-hydrogen) atoms. The summed E-state index contributed by atoms with van der Waals surface area (Å²) in [5, 5.41) is 17.2. The fourth-order valence-corrected chi connectivity index (χ4v) is 2.28. The average molecular weight is 273 g/mol. The monoisotopic (exact) mass is 273 g/mol. The molecule has 4 heteroatoms. The summed E-state index contributed by atoms with van der Waals surface area (Å²) in [6.07, 6.45) is 4.78. The molecule has 1 unspecified atom stereocenters. The molecular weight excluding hydrogens is 250 g/mol. The van der Waals surface area contributed by atoms with Gasteiger partial charge in [0.2, 0.25) is 0 Å². The van der Waals surface area contributed by atoms with Gasteiger partial charge in [-0.15, -0.1) is 0 Å². The summed E-state index contributed by atoms with van der Waals surface area (Å²) in [5.74, 6) is 0. The lowest BCUT2D eigenvalue weighted by Gasteiger charge is -2.28. The van der Waals surface area contributed by atoms with Crippen molar-refractivity contribution in [1.82, 2.24) is 15.1 Å². The molecule has 0 fully saturated rings. The molecule has 0 spiro atoms. The van der Waals surface area contributed by atoms with Crippen molar-refractivity contribution in [1.29, 1.82) is 0 Å². The minimum Gasteiger partial charge on any atom is -0.394 e. The van der Waals surface area contributed by atoms with E-state index in [1.165, 1.54) is 5.56 Å². The highest BCUT2D eigenvalue weighted by Crippen LogP contribution is 2.18. The zero-order valence-electron chi connectivity index (χ0n) is 12.2. The molecule has 1 heterocycles. The van der Waals surface area contributed by atoms with Gasteiger partial charge >= 0.3 is 0 Å². The van der Waals surface area contributed by atoms with E-state index in [9.17, 15) is 5.11 Å². The molecule has 0 bridgehead atoms. The fraction of sp³-hybridized carbons (Fsp3) is 0.438. The third-order valence-electron chi connectivity index (χ3n) is 3.59. The first-order chi connectivity index (χ1) is 9.67. The van der Waals surface area contributed by atoms with Crippen molar-refractivity contribution in [3.63, 3.8) is 0 Å². The normalized spacial score (nSPS) is 14.2. The molecule has 108 valence electrons. The number of rotatable bonds is 7. The summed E-state index contributed by atoms with van der Waals surface area (Å²) in [5.41, 5.74) is 2.06. The second-order valence-corrected chi connectivity index (χ2v) is 5.36. The van der Waals surface area contributed by atoms with Crippen LogP contribution in [0, 0.1) is 0 Å². The third-order valence-corrected chi connectivity index (χ3v) is 3.59. The maximum atomic E-state index is 9.49. The second kappa shape index (κ2) is 6.68. The number of hydrogen-bond acceptors (Lipinski definition) is 3. The quantitative estimate of drug-likeness (QED) is 0.814. The van der Waals surface area contributed by atoms with E-state index in [0.717, 1.165) is 25.1 Å². The van der Waals surface area contributed by atoms with Gasteiger partial charge in [-0.25, -0.2) is 0 Å². The van der Waals surface area contributed by atoms with Crippen LogP contribution in [-0.2, 0) is 6.54 Å². The minimum absolute atomic E-state index is 0.133. The molecule has 0 amide bonds. The molecule has 0 radical (unpaired) electrons. The number of nitrogens with zero attached hydrogens (tertiary/aromatic N) is 2. The predicted molar refractivity (Wildman–Crippen MR) is 81.4 cm³/mol. The van der Waals surface area contributed by atoms with Crippen molar-refractivity contribution in [3.05, 3.63) is 42.7 Å². The molecule has 2 rings (SSSR count). The molecular formula is C16H23N3O. The minimum atomic E-state index is -0.242. The van der Waals surface area contributed by atoms with Gasteiger partial charge in [-0.1, -0.05) is 37.3 Å². The van der Waals surface area contributed by atoms with Gasteiger partial charge in [-0.3, -0.25) is 4.68 Å². The predicted octanol–water partition coefficient (Wildman–Crippen LogP) is 2.30. The van der Waals surface area contributed by atoms with Crippen LogP contribution in [0.1, 0.15) is 20.3 Å². The van der Waals surface area contributed by atoms with Crippen LogP contribution in [-0.4, -0.2) is 33.6 Å². The van der Waals surface area contributed by atoms with Gasteiger partial charge in [0, 0.05) is 23.8 Å². The second-order valence-electron chi connectivity index (χ2n) is 5.36. The molecule has 4 nitrogen and oxygen atoms in total. The molecule has 0 aliphatic carbocycles. The smallest absolute Gasteiger partial charge is 0.0611 e. The summed E-state index contributed by atoms with van der Waals surface area (Å²) >= 11 is 0. The van der Waals surface area contributed by atoms with Crippen LogP contribution >= 0.6 is 0 Å². The van der Waals surface area contributed by atoms with Crippen LogP contribution in [0.5, 0.6) is 0 Å². The highest BCUT2D eigenvalue weighted by molar-refractivity contribution is 5.61. The van der Waals surface area contributed by atoms with E-state index >= 15 is 0 Å². The first kappa shape index (κ1) is 14.8. The molecule has 1 aromatic heterocycles. The lowest BCUT2D eigenvalue weighted by atomic mass is 9.99. The number of nitrogens with one attached hydrogen (secondary N) is 1. The third kappa shape index (κ3) is 3.68. The molecule has 1 atom stereocenters. The van der Waals surface area contributed by atoms with Crippen LogP contribution < -0.4 is 5.32 Å².